The van der Waals surface area contributed by atoms with Crippen LogP contribution in [0.15, 0.2) is 10.9 Å². The van der Waals surface area contributed by atoms with E-state index in [-0.39, 0.29) is 38.4 Å². The molecule has 27 heavy (non-hydrogen) atoms. The average Bonchev–Trinajstić information content (AvgIpc) is 2.49. The van der Waals surface area contributed by atoms with Gasteiger partial charge in [0, 0.05) is 32.1 Å². The van der Waals surface area contributed by atoms with Crippen molar-refractivity contribution < 1.29 is 27.5 Å². The number of hydrogen-bond acceptors (Lipinski definition) is 4. The van der Waals surface area contributed by atoms with E-state index in [0.29, 0.717) is 10.7 Å². The molecule has 0 bridgehead atoms. The lowest BCUT2D eigenvalue weighted by Crippen LogP contribution is -2.50. The summed E-state index contributed by atoms with van der Waals surface area (Å²) in [5, 5.41) is 13.4. The SMILES string of the molecule is CC(C)CC(C)(C(=O)O)n1nc(CCN2CC(F)C2)c(C(F)(F)F)cc1=O. The van der Waals surface area contributed by atoms with Gasteiger partial charge in [0.1, 0.15) is 6.17 Å². The van der Waals surface area contributed by atoms with E-state index in [2.05, 4.69) is 5.10 Å². The maximum atomic E-state index is 13.3. The number of carboxylic acid groups (broad SMARTS) is 1. The summed E-state index contributed by atoms with van der Waals surface area (Å²) in [5.41, 5.74) is -4.49. The van der Waals surface area contributed by atoms with Crippen LogP contribution in [0.2, 0.25) is 0 Å². The predicted octanol–water partition coefficient (Wildman–Crippen LogP) is 2.30. The van der Waals surface area contributed by atoms with Crippen LogP contribution in [0.25, 0.3) is 0 Å². The molecule has 1 unspecified atom stereocenters. The van der Waals surface area contributed by atoms with Crippen LogP contribution < -0.4 is 5.56 Å². The van der Waals surface area contributed by atoms with E-state index in [1.54, 1.807) is 18.7 Å². The first kappa shape index (κ1) is 21.3. The fourth-order valence-electron chi connectivity index (χ4n) is 3.29. The van der Waals surface area contributed by atoms with Crippen LogP contribution in [-0.2, 0) is 22.9 Å². The minimum atomic E-state index is -4.80. The molecular weight excluding hydrogens is 370 g/mol. The molecule has 152 valence electrons. The Labute approximate surface area is 153 Å². The summed E-state index contributed by atoms with van der Waals surface area (Å²) in [6.07, 6.45) is -5.93. The Morgan fingerprint density at radius 1 is 1.37 bits per heavy atom. The predicted molar refractivity (Wildman–Crippen MR) is 89.3 cm³/mol. The smallest absolute Gasteiger partial charge is 0.418 e. The molecule has 1 atom stereocenters. The highest BCUT2D eigenvalue weighted by molar-refractivity contribution is 5.76. The van der Waals surface area contributed by atoms with Crippen molar-refractivity contribution in [3.8, 4) is 0 Å². The largest absolute Gasteiger partial charge is 0.479 e. The van der Waals surface area contributed by atoms with E-state index in [1.807, 2.05) is 0 Å². The summed E-state index contributed by atoms with van der Waals surface area (Å²) >= 11 is 0. The standard InChI is InChI=1S/C17H23F4N3O3/c1-10(2)7-16(3,15(26)27)24-14(25)6-12(17(19,20)21)13(22-24)4-5-23-8-11(18)9-23/h6,10-11H,4-5,7-9H2,1-3H3,(H,26,27). The number of nitrogens with zero attached hydrogens (tertiary/aromatic N) is 3. The molecule has 1 aliphatic rings. The van der Waals surface area contributed by atoms with Crippen LogP contribution in [0.5, 0.6) is 0 Å². The lowest BCUT2D eigenvalue weighted by molar-refractivity contribution is -0.148. The van der Waals surface area contributed by atoms with Crippen LogP contribution in [0.3, 0.4) is 0 Å². The maximum absolute atomic E-state index is 13.3. The summed E-state index contributed by atoms with van der Waals surface area (Å²) in [5.74, 6) is -1.48. The van der Waals surface area contributed by atoms with Crippen LogP contribution in [0.4, 0.5) is 17.6 Å². The normalized spacial score (nSPS) is 18.4. The van der Waals surface area contributed by atoms with Crippen LogP contribution in [0, 0.1) is 5.92 Å². The molecular formula is C17H23F4N3O3. The number of aromatic nitrogens is 2. The van der Waals surface area contributed by atoms with Gasteiger partial charge in [-0.2, -0.15) is 18.3 Å². The van der Waals surface area contributed by atoms with E-state index < -0.39 is 40.7 Å². The summed E-state index contributed by atoms with van der Waals surface area (Å²) in [6, 6.07) is 0.401. The summed E-state index contributed by atoms with van der Waals surface area (Å²) in [7, 11) is 0. The number of halogens is 4. The first-order valence-electron chi connectivity index (χ1n) is 8.65. The van der Waals surface area contributed by atoms with Crippen molar-refractivity contribution in [2.75, 3.05) is 19.6 Å². The van der Waals surface area contributed by atoms with Gasteiger partial charge in [0.15, 0.2) is 5.54 Å². The van der Waals surface area contributed by atoms with E-state index >= 15 is 0 Å². The zero-order chi connectivity index (χ0) is 20.6. The van der Waals surface area contributed by atoms with Crippen molar-refractivity contribution in [1.82, 2.24) is 14.7 Å². The van der Waals surface area contributed by atoms with E-state index in [1.165, 1.54) is 6.92 Å². The van der Waals surface area contributed by atoms with Gasteiger partial charge in [-0.15, -0.1) is 0 Å². The van der Waals surface area contributed by atoms with Gasteiger partial charge in [-0.05, 0) is 19.3 Å². The number of rotatable bonds is 7. The molecule has 0 spiro atoms. The lowest BCUT2D eigenvalue weighted by atomic mass is 9.91. The van der Waals surface area contributed by atoms with Crippen molar-refractivity contribution in [3.05, 3.63) is 27.7 Å². The molecule has 0 aromatic carbocycles. The van der Waals surface area contributed by atoms with Gasteiger partial charge in [-0.25, -0.2) is 13.9 Å². The Kier molecular flexibility index (Phi) is 5.98. The molecule has 1 fully saturated rings. The number of likely N-dealkylation sites (tertiary alicyclic amines) is 1. The molecule has 0 saturated carbocycles. The molecule has 0 amide bonds. The molecule has 1 N–H and O–H groups in total. The van der Waals surface area contributed by atoms with Crippen molar-refractivity contribution in [3.63, 3.8) is 0 Å². The molecule has 6 nitrogen and oxygen atoms in total. The third-order valence-electron chi connectivity index (χ3n) is 4.62. The van der Waals surface area contributed by atoms with E-state index in [4.69, 9.17) is 0 Å². The van der Waals surface area contributed by atoms with Crippen molar-refractivity contribution in [1.29, 1.82) is 0 Å². The lowest BCUT2D eigenvalue weighted by Gasteiger charge is -2.34. The van der Waals surface area contributed by atoms with Crippen molar-refractivity contribution >= 4 is 5.97 Å². The van der Waals surface area contributed by atoms with Gasteiger partial charge in [-0.3, -0.25) is 9.69 Å². The second-order valence-electron chi connectivity index (χ2n) is 7.54. The molecule has 1 aromatic heterocycles. The monoisotopic (exact) mass is 393 g/mol. The summed E-state index contributed by atoms with van der Waals surface area (Å²) in [4.78, 5) is 25.7. The molecule has 0 radical (unpaired) electrons. The number of hydrogen-bond donors (Lipinski definition) is 1. The molecule has 1 aliphatic heterocycles. The highest BCUT2D eigenvalue weighted by Gasteiger charge is 2.41. The number of carbonyl (C=O) groups is 1. The molecule has 1 aromatic rings. The Balaban J connectivity index is 2.47. The van der Waals surface area contributed by atoms with Gasteiger partial charge in [0.25, 0.3) is 5.56 Å². The Morgan fingerprint density at radius 2 is 1.96 bits per heavy atom. The molecule has 0 aliphatic carbocycles. The maximum Gasteiger partial charge on any atom is 0.418 e. The summed E-state index contributed by atoms with van der Waals surface area (Å²) in [6.45, 7) is 5.18. The van der Waals surface area contributed by atoms with Gasteiger partial charge in [0.05, 0.1) is 11.3 Å². The first-order valence-corrected chi connectivity index (χ1v) is 8.65. The zero-order valence-corrected chi connectivity index (χ0v) is 15.4. The minimum absolute atomic E-state index is 0.0235. The number of aliphatic carboxylic acids is 1. The average molecular weight is 393 g/mol. The quantitative estimate of drug-likeness (QED) is 0.720. The second-order valence-corrected chi connectivity index (χ2v) is 7.54. The highest BCUT2D eigenvalue weighted by Crippen LogP contribution is 2.32. The zero-order valence-electron chi connectivity index (χ0n) is 15.4. The molecule has 1 saturated heterocycles. The topological polar surface area (TPSA) is 75.4 Å². The Morgan fingerprint density at radius 3 is 2.41 bits per heavy atom. The third-order valence-corrected chi connectivity index (χ3v) is 4.62. The highest BCUT2D eigenvalue weighted by atomic mass is 19.4. The molecule has 2 rings (SSSR count). The van der Waals surface area contributed by atoms with Gasteiger partial charge in [0.2, 0.25) is 0 Å². The van der Waals surface area contributed by atoms with Gasteiger partial charge < -0.3 is 5.11 Å². The first-order chi connectivity index (χ1) is 12.3. The molecule has 2 heterocycles. The number of alkyl halides is 4. The van der Waals surface area contributed by atoms with Gasteiger partial charge >= 0.3 is 12.1 Å². The second kappa shape index (κ2) is 7.57. The van der Waals surface area contributed by atoms with Crippen molar-refractivity contribution in [2.24, 2.45) is 5.92 Å². The van der Waals surface area contributed by atoms with Crippen LogP contribution >= 0.6 is 0 Å². The fraction of sp³-hybridized carbons (Fsp3) is 0.706. The van der Waals surface area contributed by atoms with Crippen LogP contribution in [-0.4, -0.2) is 51.6 Å². The van der Waals surface area contributed by atoms with E-state index in [9.17, 15) is 32.3 Å². The fourth-order valence-corrected chi connectivity index (χ4v) is 3.29. The van der Waals surface area contributed by atoms with Crippen LogP contribution in [0.1, 0.15) is 38.4 Å². The Bertz CT molecular complexity index is 757. The van der Waals surface area contributed by atoms with Gasteiger partial charge in [-0.1, -0.05) is 13.8 Å². The summed E-state index contributed by atoms with van der Waals surface area (Å²) < 4.78 is 53.5. The number of carboxylic acids is 1. The third kappa shape index (κ3) is 4.66. The minimum Gasteiger partial charge on any atom is -0.479 e. The Hall–Kier alpha value is -1.97. The van der Waals surface area contributed by atoms with Crippen molar-refractivity contribution in [2.45, 2.75) is 51.5 Å². The van der Waals surface area contributed by atoms with E-state index in [0.717, 1.165) is 0 Å². The molecule has 10 heteroatoms.